The van der Waals surface area contributed by atoms with Crippen LogP contribution in [0.25, 0.3) is 0 Å². The molecule has 0 unspecified atom stereocenters. The molecule has 2 rings (SSSR count). The molecule has 1 fully saturated rings. The standard InChI is InChI=1S/C13H24N4/c1-2-4-13-11-15-12-17(13)8-3-7-16-9-5-14-6-10-16/h11-12,14H,2-10H2,1H3. The molecule has 1 aromatic rings. The van der Waals surface area contributed by atoms with Crippen molar-refractivity contribution < 1.29 is 0 Å². The van der Waals surface area contributed by atoms with Gasteiger partial charge in [-0.3, -0.25) is 0 Å². The van der Waals surface area contributed by atoms with Crippen LogP contribution in [0.5, 0.6) is 0 Å². The van der Waals surface area contributed by atoms with E-state index in [1.807, 2.05) is 12.5 Å². The molecule has 96 valence electrons. The van der Waals surface area contributed by atoms with Crippen molar-refractivity contribution in [3.63, 3.8) is 0 Å². The van der Waals surface area contributed by atoms with E-state index in [1.165, 1.54) is 38.2 Å². The van der Waals surface area contributed by atoms with Gasteiger partial charge in [0.1, 0.15) is 0 Å². The molecule has 0 radical (unpaired) electrons. The molecular weight excluding hydrogens is 212 g/mol. The van der Waals surface area contributed by atoms with E-state index < -0.39 is 0 Å². The first-order chi connectivity index (χ1) is 8.40. The molecule has 1 aliphatic rings. The first-order valence-electron chi connectivity index (χ1n) is 6.82. The second kappa shape index (κ2) is 6.77. The molecule has 1 aliphatic heterocycles. The Labute approximate surface area is 104 Å². The Hall–Kier alpha value is -0.870. The van der Waals surface area contributed by atoms with Gasteiger partial charge in [-0.25, -0.2) is 4.98 Å². The number of aromatic nitrogens is 2. The second-order valence-corrected chi connectivity index (χ2v) is 4.77. The number of nitrogens with one attached hydrogen (secondary N) is 1. The van der Waals surface area contributed by atoms with Gasteiger partial charge in [0, 0.05) is 44.6 Å². The average Bonchev–Trinajstić information content (AvgIpc) is 2.79. The summed E-state index contributed by atoms with van der Waals surface area (Å²) in [4.78, 5) is 6.79. The third kappa shape index (κ3) is 3.82. The lowest BCUT2D eigenvalue weighted by Crippen LogP contribution is -2.43. The van der Waals surface area contributed by atoms with Crippen molar-refractivity contribution in [2.24, 2.45) is 0 Å². The molecule has 0 saturated carbocycles. The minimum absolute atomic E-state index is 1.11. The molecule has 17 heavy (non-hydrogen) atoms. The average molecular weight is 236 g/mol. The number of aryl methyl sites for hydroxylation is 2. The van der Waals surface area contributed by atoms with Gasteiger partial charge in [0.25, 0.3) is 0 Å². The van der Waals surface area contributed by atoms with Crippen molar-refractivity contribution in [1.29, 1.82) is 0 Å². The van der Waals surface area contributed by atoms with Crippen LogP contribution in [0.2, 0.25) is 0 Å². The molecule has 0 aliphatic carbocycles. The van der Waals surface area contributed by atoms with Gasteiger partial charge in [-0.15, -0.1) is 0 Å². The van der Waals surface area contributed by atoms with Crippen LogP contribution < -0.4 is 5.32 Å². The van der Waals surface area contributed by atoms with Crippen molar-refractivity contribution in [1.82, 2.24) is 19.8 Å². The van der Waals surface area contributed by atoms with Gasteiger partial charge in [-0.2, -0.15) is 0 Å². The van der Waals surface area contributed by atoms with E-state index in [4.69, 9.17) is 0 Å². The number of piperazine rings is 1. The summed E-state index contributed by atoms with van der Waals surface area (Å²) in [6.07, 6.45) is 7.56. The molecule has 2 heterocycles. The lowest BCUT2D eigenvalue weighted by molar-refractivity contribution is 0.234. The third-order valence-electron chi connectivity index (χ3n) is 3.39. The van der Waals surface area contributed by atoms with Gasteiger partial charge in [-0.1, -0.05) is 13.3 Å². The quantitative estimate of drug-likeness (QED) is 0.804. The predicted octanol–water partition coefficient (Wildman–Crippen LogP) is 1.13. The highest BCUT2D eigenvalue weighted by molar-refractivity contribution is 4.98. The highest BCUT2D eigenvalue weighted by Crippen LogP contribution is 2.05. The fourth-order valence-corrected chi connectivity index (χ4v) is 2.41. The molecule has 0 atom stereocenters. The van der Waals surface area contributed by atoms with Crippen molar-refractivity contribution in [2.45, 2.75) is 32.7 Å². The Morgan fingerprint density at radius 3 is 2.88 bits per heavy atom. The van der Waals surface area contributed by atoms with Crippen LogP contribution in [0.4, 0.5) is 0 Å². The largest absolute Gasteiger partial charge is 0.335 e. The molecule has 0 aromatic carbocycles. The van der Waals surface area contributed by atoms with E-state index in [2.05, 4.69) is 26.7 Å². The van der Waals surface area contributed by atoms with Gasteiger partial charge in [-0.05, 0) is 19.4 Å². The summed E-state index contributed by atoms with van der Waals surface area (Å²) >= 11 is 0. The maximum atomic E-state index is 4.25. The Bertz CT molecular complexity index is 315. The molecule has 4 nitrogen and oxygen atoms in total. The van der Waals surface area contributed by atoms with E-state index >= 15 is 0 Å². The lowest BCUT2D eigenvalue weighted by atomic mass is 10.2. The minimum atomic E-state index is 1.11. The monoisotopic (exact) mass is 236 g/mol. The minimum Gasteiger partial charge on any atom is -0.335 e. The van der Waals surface area contributed by atoms with Gasteiger partial charge >= 0.3 is 0 Å². The summed E-state index contributed by atoms with van der Waals surface area (Å²) in [5.74, 6) is 0. The molecule has 0 bridgehead atoms. The van der Waals surface area contributed by atoms with Crippen molar-refractivity contribution >= 4 is 0 Å². The molecular formula is C13H24N4. The predicted molar refractivity (Wildman–Crippen MR) is 70.1 cm³/mol. The fourth-order valence-electron chi connectivity index (χ4n) is 2.41. The fraction of sp³-hybridized carbons (Fsp3) is 0.769. The van der Waals surface area contributed by atoms with Gasteiger partial charge in [0.15, 0.2) is 0 Å². The topological polar surface area (TPSA) is 33.1 Å². The molecule has 1 saturated heterocycles. The van der Waals surface area contributed by atoms with E-state index in [0.29, 0.717) is 0 Å². The van der Waals surface area contributed by atoms with Crippen LogP contribution in [0, 0.1) is 0 Å². The normalized spacial score (nSPS) is 17.5. The van der Waals surface area contributed by atoms with E-state index in [0.717, 1.165) is 26.1 Å². The van der Waals surface area contributed by atoms with Gasteiger partial charge in [0.05, 0.1) is 6.33 Å². The summed E-state index contributed by atoms with van der Waals surface area (Å²) in [6, 6.07) is 0. The summed E-state index contributed by atoms with van der Waals surface area (Å²) in [5, 5.41) is 3.39. The van der Waals surface area contributed by atoms with Crippen molar-refractivity contribution in [3.8, 4) is 0 Å². The zero-order valence-corrected chi connectivity index (χ0v) is 10.9. The first kappa shape index (κ1) is 12.6. The van der Waals surface area contributed by atoms with E-state index in [-0.39, 0.29) is 0 Å². The lowest BCUT2D eigenvalue weighted by Gasteiger charge is -2.27. The summed E-state index contributed by atoms with van der Waals surface area (Å²) in [5.41, 5.74) is 1.38. The Kier molecular flexibility index (Phi) is 5.01. The van der Waals surface area contributed by atoms with Crippen molar-refractivity contribution in [2.75, 3.05) is 32.7 Å². The zero-order valence-electron chi connectivity index (χ0n) is 10.9. The number of imidazole rings is 1. The highest BCUT2D eigenvalue weighted by atomic mass is 15.2. The van der Waals surface area contributed by atoms with Crippen LogP contribution in [0.1, 0.15) is 25.5 Å². The number of hydrogen-bond acceptors (Lipinski definition) is 3. The number of rotatable bonds is 6. The summed E-state index contributed by atoms with van der Waals surface area (Å²) in [6.45, 7) is 9.23. The van der Waals surface area contributed by atoms with E-state index in [9.17, 15) is 0 Å². The van der Waals surface area contributed by atoms with Crippen LogP contribution in [0.15, 0.2) is 12.5 Å². The van der Waals surface area contributed by atoms with Crippen LogP contribution in [0.3, 0.4) is 0 Å². The smallest absolute Gasteiger partial charge is 0.0948 e. The van der Waals surface area contributed by atoms with E-state index in [1.54, 1.807) is 0 Å². The Balaban J connectivity index is 1.71. The molecule has 0 amide bonds. The first-order valence-corrected chi connectivity index (χ1v) is 6.82. The number of hydrogen-bond donors (Lipinski definition) is 1. The SMILES string of the molecule is CCCc1cncn1CCCN1CCNCC1. The highest BCUT2D eigenvalue weighted by Gasteiger charge is 2.08. The molecule has 0 spiro atoms. The van der Waals surface area contributed by atoms with Gasteiger partial charge < -0.3 is 14.8 Å². The third-order valence-corrected chi connectivity index (χ3v) is 3.39. The Morgan fingerprint density at radius 1 is 1.29 bits per heavy atom. The molecule has 1 aromatic heterocycles. The second-order valence-electron chi connectivity index (χ2n) is 4.77. The van der Waals surface area contributed by atoms with Crippen LogP contribution in [-0.4, -0.2) is 47.2 Å². The zero-order chi connectivity index (χ0) is 11.9. The van der Waals surface area contributed by atoms with Crippen molar-refractivity contribution in [3.05, 3.63) is 18.2 Å². The van der Waals surface area contributed by atoms with Crippen LogP contribution >= 0.6 is 0 Å². The Morgan fingerprint density at radius 2 is 2.12 bits per heavy atom. The number of nitrogens with zero attached hydrogens (tertiary/aromatic N) is 3. The molecule has 4 heteroatoms. The summed E-state index contributed by atoms with van der Waals surface area (Å²) in [7, 11) is 0. The van der Waals surface area contributed by atoms with Crippen LogP contribution in [-0.2, 0) is 13.0 Å². The maximum Gasteiger partial charge on any atom is 0.0948 e. The molecule has 1 N–H and O–H groups in total. The van der Waals surface area contributed by atoms with Gasteiger partial charge in [0.2, 0.25) is 0 Å². The maximum absolute atomic E-state index is 4.25. The summed E-state index contributed by atoms with van der Waals surface area (Å²) < 4.78 is 2.31.